The number of ketones is 1. The molecule has 0 amide bonds. The largest absolute Gasteiger partial charge is 0.493 e. The summed E-state index contributed by atoms with van der Waals surface area (Å²) in [6, 6.07) is 26.1. The average Bonchev–Trinajstić information content (AvgIpc) is 2.88. The Labute approximate surface area is 200 Å². The van der Waals surface area contributed by atoms with E-state index in [-0.39, 0.29) is 5.78 Å². The van der Waals surface area contributed by atoms with E-state index in [2.05, 4.69) is 41.4 Å². The second-order valence-electron chi connectivity index (χ2n) is 8.14. The van der Waals surface area contributed by atoms with Gasteiger partial charge in [-0.1, -0.05) is 48.5 Å². The number of hydrogen-bond acceptors (Lipinski definition) is 5. The highest BCUT2D eigenvalue weighted by atomic mass is 16.5. The molecule has 5 nitrogen and oxygen atoms in total. The normalized spacial score (nSPS) is 11.8. The van der Waals surface area contributed by atoms with Crippen LogP contribution in [0, 0.1) is 0 Å². The first kappa shape index (κ1) is 23.5. The van der Waals surface area contributed by atoms with Crippen LogP contribution < -0.4 is 9.47 Å². The third-order valence-electron chi connectivity index (χ3n) is 5.71. The molecule has 0 aliphatic carbocycles. The van der Waals surface area contributed by atoms with Gasteiger partial charge in [-0.15, -0.1) is 0 Å². The Hall–Kier alpha value is -3.70. The standard InChI is InChI=1S/C29H29NO4/c1-21(31)28(32-2)20-22-9-13-25(14-10-22)33-18-5-19-34-26-15-11-23(12-16-26)27-8-3-6-24-7-4-17-30-29(24)27/h3-4,6-17,28H,5,18-20H2,1-2H3/t28-/m0/s1. The van der Waals surface area contributed by atoms with Crippen molar-refractivity contribution in [2.75, 3.05) is 20.3 Å². The topological polar surface area (TPSA) is 57.6 Å². The summed E-state index contributed by atoms with van der Waals surface area (Å²) in [4.78, 5) is 16.1. The molecule has 0 unspecified atom stereocenters. The number of nitrogens with zero attached hydrogens (tertiary/aromatic N) is 1. The summed E-state index contributed by atoms with van der Waals surface area (Å²) in [6.07, 6.45) is 2.76. The van der Waals surface area contributed by atoms with Gasteiger partial charge in [0.15, 0.2) is 5.78 Å². The molecular formula is C29H29NO4. The fraction of sp³-hybridized carbons (Fsp3) is 0.241. The van der Waals surface area contributed by atoms with Crippen LogP contribution in [0.4, 0.5) is 0 Å². The van der Waals surface area contributed by atoms with Gasteiger partial charge in [-0.05, 0) is 48.4 Å². The highest BCUT2D eigenvalue weighted by molar-refractivity contribution is 5.93. The van der Waals surface area contributed by atoms with Crippen molar-refractivity contribution < 1.29 is 19.0 Å². The average molecular weight is 456 g/mol. The Morgan fingerprint density at radius 3 is 2.15 bits per heavy atom. The summed E-state index contributed by atoms with van der Waals surface area (Å²) in [5.74, 6) is 1.66. The van der Waals surface area contributed by atoms with E-state index in [1.807, 2.05) is 48.7 Å². The molecule has 4 aromatic rings. The van der Waals surface area contributed by atoms with Crippen LogP contribution >= 0.6 is 0 Å². The van der Waals surface area contributed by atoms with Crippen LogP contribution in [0.25, 0.3) is 22.0 Å². The minimum atomic E-state index is -0.401. The van der Waals surface area contributed by atoms with Gasteiger partial charge in [0, 0.05) is 37.1 Å². The number of carbonyl (C=O) groups is 1. The van der Waals surface area contributed by atoms with E-state index in [1.54, 1.807) is 14.0 Å². The van der Waals surface area contributed by atoms with Gasteiger partial charge in [-0.25, -0.2) is 0 Å². The van der Waals surface area contributed by atoms with Crippen molar-refractivity contribution in [3.05, 3.63) is 90.6 Å². The number of rotatable bonds is 11. The van der Waals surface area contributed by atoms with E-state index >= 15 is 0 Å². The Morgan fingerprint density at radius 2 is 1.50 bits per heavy atom. The highest BCUT2D eigenvalue weighted by Gasteiger charge is 2.13. The Bertz CT molecular complexity index is 1210. The number of methoxy groups -OCH3 is 1. The lowest BCUT2D eigenvalue weighted by atomic mass is 10.0. The maximum Gasteiger partial charge on any atom is 0.158 e. The zero-order valence-electron chi connectivity index (χ0n) is 19.6. The fourth-order valence-electron chi connectivity index (χ4n) is 3.84. The van der Waals surface area contributed by atoms with Gasteiger partial charge in [0.1, 0.15) is 17.6 Å². The van der Waals surface area contributed by atoms with Gasteiger partial charge < -0.3 is 14.2 Å². The first-order chi connectivity index (χ1) is 16.6. The van der Waals surface area contributed by atoms with Crippen LogP contribution in [-0.2, 0) is 16.0 Å². The predicted molar refractivity (Wildman–Crippen MR) is 134 cm³/mol. The molecule has 3 aromatic carbocycles. The summed E-state index contributed by atoms with van der Waals surface area (Å²) in [7, 11) is 1.56. The second kappa shape index (κ2) is 11.4. The van der Waals surface area contributed by atoms with E-state index in [1.165, 1.54) is 0 Å². The van der Waals surface area contributed by atoms with Crippen LogP contribution in [0.1, 0.15) is 18.9 Å². The van der Waals surface area contributed by atoms with Gasteiger partial charge in [0.25, 0.3) is 0 Å². The van der Waals surface area contributed by atoms with Crippen LogP contribution in [0.3, 0.4) is 0 Å². The monoisotopic (exact) mass is 455 g/mol. The number of carbonyl (C=O) groups excluding carboxylic acids is 1. The molecule has 174 valence electrons. The molecule has 0 aliphatic rings. The van der Waals surface area contributed by atoms with Crippen molar-refractivity contribution in [1.82, 2.24) is 4.98 Å². The molecule has 0 N–H and O–H groups in total. The van der Waals surface area contributed by atoms with Crippen LogP contribution in [-0.4, -0.2) is 37.2 Å². The molecule has 0 fully saturated rings. The highest BCUT2D eigenvalue weighted by Crippen LogP contribution is 2.28. The number of ether oxygens (including phenoxy) is 3. The second-order valence-corrected chi connectivity index (χ2v) is 8.14. The van der Waals surface area contributed by atoms with Crippen molar-refractivity contribution in [3.8, 4) is 22.6 Å². The summed E-state index contributed by atoms with van der Waals surface area (Å²) >= 11 is 0. The number of Topliss-reactive ketones (excluding diaryl/α,β-unsaturated/α-hetero) is 1. The molecule has 5 heteroatoms. The number of para-hydroxylation sites is 1. The first-order valence-corrected chi connectivity index (χ1v) is 11.5. The SMILES string of the molecule is CO[C@@H](Cc1ccc(OCCCOc2ccc(-c3cccc4cccnc34)cc2)cc1)C(C)=O. The third kappa shape index (κ3) is 6.00. The van der Waals surface area contributed by atoms with E-state index in [9.17, 15) is 4.79 Å². The van der Waals surface area contributed by atoms with Crippen LogP contribution in [0.5, 0.6) is 11.5 Å². The smallest absolute Gasteiger partial charge is 0.158 e. The maximum absolute atomic E-state index is 11.5. The quantitative estimate of drug-likeness (QED) is 0.264. The van der Waals surface area contributed by atoms with Gasteiger partial charge >= 0.3 is 0 Å². The molecule has 0 spiro atoms. The molecule has 1 aromatic heterocycles. The molecule has 0 radical (unpaired) electrons. The zero-order valence-corrected chi connectivity index (χ0v) is 19.6. The van der Waals surface area contributed by atoms with E-state index in [0.717, 1.165) is 45.5 Å². The van der Waals surface area contributed by atoms with Gasteiger partial charge in [0.05, 0.1) is 18.7 Å². The Morgan fingerprint density at radius 1 is 0.853 bits per heavy atom. The molecule has 1 heterocycles. The lowest BCUT2D eigenvalue weighted by molar-refractivity contribution is -0.126. The van der Waals surface area contributed by atoms with Gasteiger partial charge in [-0.2, -0.15) is 0 Å². The maximum atomic E-state index is 11.5. The summed E-state index contributed by atoms with van der Waals surface area (Å²) in [5, 5.41) is 1.13. The van der Waals surface area contributed by atoms with Crippen molar-refractivity contribution in [2.45, 2.75) is 25.9 Å². The van der Waals surface area contributed by atoms with Crippen molar-refractivity contribution in [2.24, 2.45) is 0 Å². The zero-order chi connectivity index (χ0) is 23.8. The van der Waals surface area contributed by atoms with Gasteiger partial charge in [0.2, 0.25) is 0 Å². The number of pyridine rings is 1. The molecule has 0 aliphatic heterocycles. The van der Waals surface area contributed by atoms with Crippen molar-refractivity contribution >= 4 is 16.7 Å². The minimum Gasteiger partial charge on any atom is -0.493 e. The predicted octanol–water partition coefficient (Wildman–Crippen LogP) is 5.90. The number of benzene rings is 3. The lowest BCUT2D eigenvalue weighted by Gasteiger charge is -2.12. The van der Waals surface area contributed by atoms with Gasteiger partial charge in [-0.3, -0.25) is 9.78 Å². The molecule has 0 saturated carbocycles. The number of aromatic nitrogens is 1. The lowest BCUT2D eigenvalue weighted by Crippen LogP contribution is -2.22. The first-order valence-electron chi connectivity index (χ1n) is 11.5. The number of hydrogen-bond donors (Lipinski definition) is 0. The molecule has 1 atom stereocenters. The fourth-order valence-corrected chi connectivity index (χ4v) is 3.84. The molecule has 34 heavy (non-hydrogen) atoms. The Kier molecular flexibility index (Phi) is 7.89. The van der Waals surface area contributed by atoms with Crippen LogP contribution in [0.15, 0.2) is 85.1 Å². The number of fused-ring (bicyclic) bond motifs is 1. The third-order valence-corrected chi connectivity index (χ3v) is 5.71. The van der Waals surface area contributed by atoms with E-state index < -0.39 is 6.10 Å². The Balaban J connectivity index is 1.23. The summed E-state index contributed by atoms with van der Waals surface area (Å²) in [5.41, 5.74) is 4.27. The van der Waals surface area contributed by atoms with Crippen molar-refractivity contribution in [3.63, 3.8) is 0 Å². The van der Waals surface area contributed by atoms with E-state index in [0.29, 0.717) is 19.6 Å². The summed E-state index contributed by atoms with van der Waals surface area (Å²) < 4.78 is 16.9. The van der Waals surface area contributed by atoms with Crippen molar-refractivity contribution in [1.29, 1.82) is 0 Å². The van der Waals surface area contributed by atoms with E-state index in [4.69, 9.17) is 14.2 Å². The molecule has 4 rings (SSSR count). The molecule has 0 bridgehead atoms. The molecular weight excluding hydrogens is 426 g/mol. The molecule has 0 saturated heterocycles. The summed E-state index contributed by atoms with van der Waals surface area (Å²) in [6.45, 7) is 2.68. The van der Waals surface area contributed by atoms with Crippen LogP contribution in [0.2, 0.25) is 0 Å². The minimum absolute atomic E-state index is 0.0306.